The molecule has 8 nitrogen and oxygen atoms in total. The molecule has 0 heterocycles. The molecule has 0 radical (unpaired) electrons. The van der Waals surface area contributed by atoms with Crippen molar-refractivity contribution in [1.82, 2.24) is 10.2 Å². The molecule has 4 N–H and O–H groups in total. The highest BCUT2D eigenvalue weighted by Gasteiger charge is 2.20. The fourth-order valence-electron chi connectivity index (χ4n) is 1.78. The summed E-state index contributed by atoms with van der Waals surface area (Å²) < 4.78 is 5.17. The van der Waals surface area contributed by atoms with Gasteiger partial charge in [-0.25, -0.2) is 9.59 Å². The number of anilines is 1. The molecule has 132 valence electrons. The van der Waals surface area contributed by atoms with Gasteiger partial charge in [0.05, 0.1) is 0 Å². The van der Waals surface area contributed by atoms with E-state index in [1.165, 1.54) is 11.9 Å². The van der Waals surface area contributed by atoms with E-state index in [0.717, 1.165) is 5.56 Å². The van der Waals surface area contributed by atoms with Gasteiger partial charge in [-0.05, 0) is 38.5 Å². The average Bonchev–Trinajstić information content (AvgIpc) is 2.43. The van der Waals surface area contributed by atoms with Gasteiger partial charge >= 0.3 is 12.1 Å². The van der Waals surface area contributed by atoms with Crippen molar-refractivity contribution in [2.24, 2.45) is 5.73 Å². The van der Waals surface area contributed by atoms with Crippen molar-refractivity contribution < 1.29 is 19.1 Å². The number of primary amides is 1. The second kappa shape index (κ2) is 8.19. The fraction of sp³-hybridized carbons (Fsp3) is 0.438. The van der Waals surface area contributed by atoms with Gasteiger partial charge in [-0.3, -0.25) is 4.79 Å². The van der Waals surface area contributed by atoms with Gasteiger partial charge in [0.2, 0.25) is 5.91 Å². The molecular weight excluding hydrogens is 312 g/mol. The van der Waals surface area contributed by atoms with Gasteiger partial charge in [0, 0.05) is 19.3 Å². The normalized spacial score (nSPS) is 10.7. The summed E-state index contributed by atoms with van der Waals surface area (Å²) in [6.45, 7) is 5.41. The third-order valence-electron chi connectivity index (χ3n) is 2.77. The summed E-state index contributed by atoms with van der Waals surface area (Å²) >= 11 is 0. The second-order valence-corrected chi connectivity index (χ2v) is 6.30. The molecule has 0 aliphatic rings. The number of rotatable bonds is 5. The van der Waals surface area contributed by atoms with Crippen LogP contribution in [0.3, 0.4) is 0 Å². The second-order valence-electron chi connectivity index (χ2n) is 6.30. The zero-order valence-corrected chi connectivity index (χ0v) is 14.4. The summed E-state index contributed by atoms with van der Waals surface area (Å²) in [5.74, 6) is -0.323. The third-order valence-corrected chi connectivity index (χ3v) is 2.77. The molecule has 1 aromatic rings. The van der Waals surface area contributed by atoms with Gasteiger partial charge in [-0.15, -0.1) is 0 Å². The highest BCUT2D eigenvalue weighted by molar-refractivity contribution is 5.87. The van der Waals surface area contributed by atoms with Crippen LogP contribution in [0.5, 0.6) is 0 Å². The lowest BCUT2D eigenvalue weighted by molar-refractivity contribution is -0.122. The summed E-state index contributed by atoms with van der Waals surface area (Å²) in [7, 11) is 1.49. The highest BCUT2D eigenvalue weighted by atomic mass is 16.6. The highest BCUT2D eigenvalue weighted by Crippen LogP contribution is 2.10. The Labute approximate surface area is 141 Å². The minimum atomic E-state index is -0.657. The predicted molar refractivity (Wildman–Crippen MR) is 90.4 cm³/mol. The number of hydrogen-bond acceptors (Lipinski definition) is 4. The van der Waals surface area contributed by atoms with Crippen LogP contribution in [0.15, 0.2) is 24.3 Å². The molecule has 0 atom stereocenters. The monoisotopic (exact) mass is 336 g/mol. The minimum absolute atomic E-state index is 0.117. The molecule has 0 fully saturated rings. The molecule has 8 heteroatoms. The van der Waals surface area contributed by atoms with Gasteiger partial charge in [-0.2, -0.15) is 0 Å². The lowest BCUT2D eigenvalue weighted by Crippen LogP contribution is -2.40. The van der Waals surface area contributed by atoms with Crippen LogP contribution in [0, 0.1) is 0 Å². The van der Waals surface area contributed by atoms with Crippen molar-refractivity contribution in [3.05, 3.63) is 29.8 Å². The molecule has 0 saturated heterocycles. The van der Waals surface area contributed by atoms with Crippen LogP contribution in [0.1, 0.15) is 26.3 Å². The van der Waals surface area contributed by atoms with E-state index < -0.39 is 17.7 Å². The number of carbonyl (C=O) groups excluding carboxylic acids is 3. The first-order valence-corrected chi connectivity index (χ1v) is 7.43. The van der Waals surface area contributed by atoms with E-state index in [4.69, 9.17) is 10.5 Å². The van der Waals surface area contributed by atoms with E-state index in [2.05, 4.69) is 10.6 Å². The minimum Gasteiger partial charge on any atom is -0.444 e. The molecule has 0 spiro atoms. The number of carbonyl (C=O) groups is 3. The smallest absolute Gasteiger partial charge is 0.410 e. The number of benzene rings is 1. The number of nitrogens with two attached hydrogens (primary N) is 1. The standard InChI is InChI=1S/C16H24N4O4/c1-16(2,3)24-15(23)20(4)10-13(21)18-9-11-6-5-7-12(8-11)19-14(17)22/h5-8H,9-10H2,1-4H3,(H,18,21)(H3,17,19,22). The summed E-state index contributed by atoms with van der Waals surface area (Å²) in [5.41, 5.74) is 5.77. The fourth-order valence-corrected chi connectivity index (χ4v) is 1.78. The number of urea groups is 1. The molecule has 1 rings (SSSR count). The average molecular weight is 336 g/mol. The summed E-state index contributed by atoms with van der Waals surface area (Å²) in [6, 6.07) is 6.26. The third kappa shape index (κ3) is 7.48. The van der Waals surface area contributed by atoms with Crippen LogP contribution in [0.25, 0.3) is 0 Å². The van der Waals surface area contributed by atoms with Crippen molar-refractivity contribution in [2.45, 2.75) is 32.9 Å². The number of nitrogens with zero attached hydrogens (tertiary/aromatic N) is 1. The Hall–Kier alpha value is -2.77. The maximum Gasteiger partial charge on any atom is 0.410 e. The number of nitrogens with one attached hydrogen (secondary N) is 2. The van der Waals surface area contributed by atoms with Crippen molar-refractivity contribution >= 4 is 23.7 Å². The van der Waals surface area contributed by atoms with Crippen molar-refractivity contribution in [3.8, 4) is 0 Å². The topological polar surface area (TPSA) is 114 Å². The van der Waals surface area contributed by atoms with E-state index >= 15 is 0 Å². The largest absolute Gasteiger partial charge is 0.444 e. The maximum atomic E-state index is 11.9. The molecule has 0 aliphatic heterocycles. The van der Waals surface area contributed by atoms with E-state index in [0.29, 0.717) is 5.69 Å². The zero-order chi connectivity index (χ0) is 18.3. The summed E-state index contributed by atoms with van der Waals surface area (Å²) in [4.78, 5) is 35.7. The lowest BCUT2D eigenvalue weighted by Gasteiger charge is -2.24. The molecule has 1 aromatic carbocycles. The Kier molecular flexibility index (Phi) is 6.58. The molecule has 0 bridgehead atoms. The Bertz CT molecular complexity index is 610. The summed E-state index contributed by atoms with van der Waals surface area (Å²) in [5, 5.41) is 5.15. The molecule has 0 aromatic heterocycles. The predicted octanol–water partition coefficient (Wildman–Crippen LogP) is 1.66. The van der Waals surface area contributed by atoms with Gasteiger partial charge in [0.1, 0.15) is 12.1 Å². The van der Waals surface area contributed by atoms with Crippen LogP contribution in [-0.2, 0) is 16.1 Å². The summed E-state index contributed by atoms with van der Waals surface area (Å²) in [6.07, 6.45) is -0.565. The van der Waals surface area contributed by atoms with Gasteiger partial charge in [0.15, 0.2) is 0 Å². The SMILES string of the molecule is CN(CC(=O)NCc1cccc(NC(N)=O)c1)C(=O)OC(C)(C)C. The Morgan fingerprint density at radius 1 is 1.25 bits per heavy atom. The van der Waals surface area contributed by atoms with Crippen LogP contribution in [0.2, 0.25) is 0 Å². The number of amides is 4. The van der Waals surface area contributed by atoms with Gasteiger partial charge in [-0.1, -0.05) is 12.1 Å². The van der Waals surface area contributed by atoms with E-state index in [1.54, 1.807) is 45.0 Å². The quantitative estimate of drug-likeness (QED) is 0.758. The maximum absolute atomic E-state index is 11.9. The lowest BCUT2D eigenvalue weighted by atomic mass is 10.2. The Balaban J connectivity index is 2.49. The molecule has 0 saturated carbocycles. The van der Waals surface area contributed by atoms with E-state index in [1.807, 2.05) is 0 Å². The Morgan fingerprint density at radius 2 is 1.92 bits per heavy atom. The first-order chi connectivity index (χ1) is 11.1. The zero-order valence-electron chi connectivity index (χ0n) is 14.4. The van der Waals surface area contributed by atoms with Crippen LogP contribution in [0.4, 0.5) is 15.3 Å². The molecular formula is C16H24N4O4. The van der Waals surface area contributed by atoms with Gasteiger partial charge < -0.3 is 26.0 Å². The molecule has 0 unspecified atom stereocenters. The first kappa shape index (κ1) is 19.3. The number of hydrogen-bond donors (Lipinski definition) is 3. The van der Waals surface area contributed by atoms with Crippen molar-refractivity contribution in [1.29, 1.82) is 0 Å². The van der Waals surface area contributed by atoms with Crippen LogP contribution in [-0.4, -0.2) is 42.1 Å². The molecule has 0 aliphatic carbocycles. The van der Waals surface area contributed by atoms with Gasteiger partial charge in [0.25, 0.3) is 0 Å². The molecule has 4 amide bonds. The van der Waals surface area contributed by atoms with Crippen LogP contribution >= 0.6 is 0 Å². The van der Waals surface area contributed by atoms with Crippen molar-refractivity contribution in [3.63, 3.8) is 0 Å². The van der Waals surface area contributed by atoms with Crippen LogP contribution < -0.4 is 16.4 Å². The van der Waals surface area contributed by atoms with Crippen molar-refractivity contribution in [2.75, 3.05) is 18.9 Å². The number of likely N-dealkylation sites (N-methyl/N-ethyl adjacent to an activating group) is 1. The van der Waals surface area contributed by atoms with E-state index in [9.17, 15) is 14.4 Å². The Morgan fingerprint density at radius 3 is 2.50 bits per heavy atom. The number of ether oxygens (including phenoxy) is 1. The molecule has 24 heavy (non-hydrogen) atoms. The van der Waals surface area contributed by atoms with E-state index in [-0.39, 0.29) is 19.0 Å². The first-order valence-electron chi connectivity index (χ1n) is 7.43.